The van der Waals surface area contributed by atoms with Gasteiger partial charge >= 0.3 is 28.7 Å². The molecule has 7 atom stereocenters. The molecule has 0 aliphatic carbocycles. The van der Waals surface area contributed by atoms with Gasteiger partial charge in [-0.15, -0.1) is 0 Å². The summed E-state index contributed by atoms with van der Waals surface area (Å²) in [6.45, 7) is -0.797. The fraction of sp³-hybridized carbons (Fsp3) is 0.375. The first kappa shape index (κ1) is 25.4. The second-order valence-electron chi connectivity index (χ2n) is 7.46. The zero-order valence-electron chi connectivity index (χ0n) is 17.1. The van der Waals surface area contributed by atoms with E-state index in [1.807, 2.05) is 0 Å². The summed E-state index contributed by atoms with van der Waals surface area (Å²) in [4.78, 5) is 35.0. The van der Waals surface area contributed by atoms with Crippen LogP contribution in [0.1, 0.15) is 6.23 Å². The number of hydrogen-bond donors (Lipinski definition) is 5. The van der Waals surface area contributed by atoms with Gasteiger partial charge < -0.3 is 35.0 Å². The SMILES string of the molecule is Nc1nc(=O)n([C@@H]2O[C@H](COP3(=O)CP(=O)(O)OP(=O)(O)O3)C(O)C2O)cc1-c1ccccc1. The number of nitrogens with two attached hydrogens (primary N) is 1. The molecule has 2 fully saturated rings. The summed E-state index contributed by atoms with van der Waals surface area (Å²) in [7, 11) is -14.5. The van der Waals surface area contributed by atoms with Crippen molar-refractivity contribution in [1.82, 2.24) is 9.55 Å². The Hall–Kier alpha value is -1.73. The normalized spacial score (nSPS) is 38.1. The molecule has 2 aliphatic rings. The Labute approximate surface area is 191 Å². The van der Waals surface area contributed by atoms with Crippen LogP contribution in [0.15, 0.2) is 41.3 Å². The highest BCUT2D eigenvalue weighted by Crippen LogP contribution is 2.78. The van der Waals surface area contributed by atoms with E-state index in [0.717, 1.165) is 4.57 Å². The number of benzene rings is 1. The van der Waals surface area contributed by atoms with Gasteiger partial charge in [0.05, 0.1) is 6.61 Å². The molecule has 1 aromatic carbocycles. The number of ether oxygens (including phenoxy) is 1. The zero-order valence-corrected chi connectivity index (χ0v) is 19.7. The fourth-order valence-electron chi connectivity index (χ4n) is 3.46. The smallest absolute Gasteiger partial charge is 0.387 e. The van der Waals surface area contributed by atoms with Crippen molar-refractivity contribution in [3.8, 4) is 11.1 Å². The van der Waals surface area contributed by atoms with E-state index in [-0.39, 0.29) is 5.82 Å². The molecule has 2 aliphatic heterocycles. The molecule has 34 heavy (non-hydrogen) atoms. The standard InChI is InChI=1S/C16H20N3O12P3/c17-14-10(9-4-2-1-3-5-9)6-19(16(22)18-14)15-13(21)12(20)11(29-15)7-28-33(25)8-32(23,24)30-34(26,27)31-33/h1-6,11-13,15,20-21H,7-8H2,(H,23,24)(H,26,27)(H2,17,18,22)/t11-,12?,13?,15-,33?/m1/s1. The lowest BCUT2D eigenvalue weighted by Gasteiger charge is -2.28. The summed E-state index contributed by atoms with van der Waals surface area (Å²) in [6, 6.07) is 8.67. The molecule has 1 aromatic heterocycles. The number of aromatic nitrogens is 2. The van der Waals surface area contributed by atoms with Crippen molar-refractivity contribution in [3.05, 3.63) is 47.0 Å². The number of aliphatic hydroxyl groups is 2. The van der Waals surface area contributed by atoms with Gasteiger partial charge in [0.15, 0.2) is 12.1 Å². The van der Waals surface area contributed by atoms with E-state index in [1.54, 1.807) is 30.3 Å². The summed E-state index contributed by atoms with van der Waals surface area (Å²) in [5, 5.41) is 20.8. The fourth-order valence-corrected chi connectivity index (χ4v) is 10.4. The Morgan fingerprint density at radius 2 is 1.79 bits per heavy atom. The highest BCUT2D eigenvalue weighted by Gasteiger charge is 2.53. The average Bonchev–Trinajstić information content (AvgIpc) is 2.99. The Bertz CT molecular complexity index is 1260. The molecule has 2 saturated heterocycles. The molecular weight excluding hydrogens is 519 g/mol. The predicted octanol–water partition coefficient (Wildman–Crippen LogP) is 0.611. The van der Waals surface area contributed by atoms with Gasteiger partial charge in [-0.3, -0.25) is 13.7 Å². The highest BCUT2D eigenvalue weighted by molar-refractivity contribution is 7.81. The molecule has 15 nitrogen and oxygen atoms in total. The number of rotatable bonds is 5. The monoisotopic (exact) mass is 539 g/mol. The molecule has 0 bridgehead atoms. The van der Waals surface area contributed by atoms with E-state index >= 15 is 0 Å². The Kier molecular flexibility index (Phi) is 6.75. The van der Waals surface area contributed by atoms with Crippen molar-refractivity contribution in [3.63, 3.8) is 0 Å². The van der Waals surface area contributed by atoms with Gasteiger partial charge in [-0.2, -0.15) is 4.98 Å². The van der Waals surface area contributed by atoms with E-state index in [1.165, 1.54) is 6.20 Å². The summed E-state index contributed by atoms with van der Waals surface area (Å²) in [5.74, 6) is -1.29. The second-order valence-corrected chi connectivity index (χ2v) is 13.6. The maximum atomic E-state index is 12.6. The van der Waals surface area contributed by atoms with Crippen LogP contribution in [0, 0.1) is 0 Å². The van der Waals surface area contributed by atoms with Gasteiger partial charge in [-0.25, -0.2) is 18.0 Å². The zero-order chi connectivity index (χ0) is 24.9. The molecule has 0 radical (unpaired) electrons. The summed E-state index contributed by atoms with van der Waals surface area (Å²) in [6.07, 6.45) is -4.94. The molecule has 0 amide bonds. The van der Waals surface area contributed by atoms with Crippen molar-refractivity contribution in [2.24, 2.45) is 0 Å². The minimum Gasteiger partial charge on any atom is -0.387 e. The number of aliphatic hydroxyl groups excluding tert-OH is 2. The number of phosphoric acid groups is 1. The lowest BCUT2D eigenvalue weighted by atomic mass is 10.1. The summed E-state index contributed by atoms with van der Waals surface area (Å²) in [5.41, 5.74) is 5.94. The van der Waals surface area contributed by atoms with Crippen LogP contribution < -0.4 is 11.4 Å². The van der Waals surface area contributed by atoms with Crippen molar-refractivity contribution >= 4 is 28.8 Å². The Morgan fingerprint density at radius 1 is 1.12 bits per heavy atom. The first-order valence-corrected chi connectivity index (χ1v) is 14.5. The molecule has 18 heteroatoms. The molecule has 2 aromatic rings. The van der Waals surface area contributed by atoms with Crippen LogP contribution in [0.4, 0.5) is 5.82 Å². The van der Waals surface area contributed by atoms with Crippen LogP contribution in [0.5, 0.6) is 0 Å². The van der Waals surface area contributed by atoms with Crippen LogP contribution in [0.3, 0.4) is 0 Å². The summed E-state index contributed by atoms with van der Waals surface area (Å²) < 4.78 is 55.6. The third-order valence-electron chi connectivity index (χ3n) is 4.92. The minimum absolute atomic E-state index is 0.0722. The lowest BCUT2D eigenvalue weighted by molar-refractivity contribution is -0.0523. The molecule has 0 saturated carbocycles. The molecule has 4 rings (SSSR count). The first-order chi connectivity index (χ1) is 15.8. The van der Waals surface area contributed by atoms with E-state index in [2.05, 4.69) is 13.6 Å². The molecule has 3 heterocycles. The van der Waals surface area contributed by atoms with Crippen LogP contribution >= 0.6 is 23.0 Å². The third-order valence-corrected chi connectivity index (χ3v) is 11.9. The van der Waals surface area contributed by atoms with Gasteiger partial charge in [0.2, 0.25) is 0 Å². The quantitative estimate of drug-likeness (QED) is 0.328. The van der Waals surface area contributed by atoms with E-state index in [0.29, 0.717) is 11.1 Å². The van der Waals surface area contributed by atoms with Crippen molar-refractivity contribution < 1.29 is 51.6 Å². The number of nitrogens with zero attached hydrogens (tertiary/aromatic N) is 2. The Balaban J connectivity index is 1.55. The van der Waals surface area contributed by atoms with Crippen molar-refractivity contribution in [2.75, 3.05) is 18.2 Å². The molecule has 0 spiro atoms. The predicted molar refractivity (Wildman–Crippen MR) is 115 cm³/mol. The van der Waals surface area contributed by atoms with Crippen LogP contribution in [0.25, 0.3) is 11.1 Å². The van der Waals surface area contributed by atoms with E-state index in [4.69, 9.17) is 15.0 Å². The molecule has 186 valence electrons. The number of anilines is 1. The molecule has 6 N–H and O–H groups in total. The molecular formula is C16H20N3O12P3. The van der Waals surface area contributed by atoms with Gasteiger partial charge in [-0.05, 0) is 5.56 Å². The lowest BCUT2D eigenvalue weighted by Crippen LogP contribution is -2.36. The van der Waals surface area contributed by atoms with Crippen molar-refractivity contribution in [2.45, 2.75) is 24.5 Å². The largest absolute Gasteiger partial charge is 0.486 e. The average molecular weight is 539 g/mol. The Morgan fingerprint density at radius 3 is 2.44 bits per heavy atom. The summed E-state index contributed by atoms with van der Waals surface area (Å²) >= 11 is 0. The molecule has 5 unspecified atom stereocenters. The highest BCUT2D eigenvalue weighted by atomic mass is 31.3. The second kappa shape index (κ2) is 9.05. The van der Waals surface area contributed by atoms with E-state index in [9.17, 15) is 38.5 Å². The van der Waals surface area contributed by atoms with Crippen LogP contribution in [0.2, 0.25) is 0 Å². The van der Waals surface area contributed by atoms with Crippen LogP contribution in [-0.4, -0.2) is 60.4 Å². The van der Waals surface area contributed by atoms with Gasteiger partial charge in [-0.1, -0.05) is 30.3 Å². The van der Waals surface area contributed by atoms with Gasteiger partial charge in [0, 0.05) is 11.8 Å². The van der Waals surface area contributed by atoms with E-state index < -0.39 is 65.8 Å². The van der Waals surface area contributed by atoms with Crippen LogP contribution in [-0.2, 0) is 31.6 Å². The number of hydrogen-bond acceptors (Lipinski definition) is 12. The number of nitrogen functional groups attached to an aromatic ring is 1. The minimum atomic E-state index is -5.14. The topological polar surface area (TPSA) is 230 Å². The third kappa shape index (κ3) is 5.25. The van der Waals surface area contributed by atoms with Crippen molar-refractivity contribution in [1.29, 1.82) is 0 Å². The van der Waals surface area contributed by atoms with Gasteiger partial charge in [0.25, 0.3) is 0 Å². The van der Waals surface area contributed by atoms with Gasteiger partial charge in [0.1, 0.15) is 24.1 Å². The maximum absolute atomic E-state index is 12.6. The maximum Gasteiger partial charge on any atom is 0.486 e. The first-order valence-electron chi connectivity index (χ1n) is 9.56.